The van der Waals surface area contributed by atoms with Gasteiger partial charge in [0.1, 0.15) is 19.0 Å². The van der Waals surface area contributed by atoms with Crippen LogP contribution in [0.5, 0.6) is 23.0 Å². The molecule has 1 amide bonds. The van der Waals surface area contributed by atoms with E-state index in [-0.39, 0.29) is 18.0 Å². The lowest BCUT2D eigenvalue weighted by Crippen LogP contribution is -2.35. The number of rotatable bonds is 8. The molecule has 9 nitrogen and oxygen atoms in total. The van der Waals surface area contributed by atoms with E-state index in [9.17, 15) is 4.79 Å². The first-order valence-electron chi connectivity index (χ1n) is 10.4. The quantitative estimate of drug-likeness (QED) is 0.448. The van der Waals surface area contributed by atoms with Crippen molar-refractivity contribution in [2.24, 2.45) is 10.1 Å². The first-order valence-corrected chi connectivity index (χ1v) is 11.3. The van der Waals surface area contributed by atoms with Gasteiger partial charge in [0.2, 0.25) is 10.9 Å². The molecule has 2 aliphatic rings. The summed E-state index contributed by atoms with van der Waals surface area (Å²) in [6.07, 6.45) is 1.56. The number of carbonyl (C=O) groups excluding carboxylic acids is 1. The number of hydrogen-bond donors (Lipinski definition) is 1. The minimum absolute atomic E-state index is 0.0362. The van der Waals surface area contributed by atoms with E-state index in [0.717, 1.165) is 11.3 Å². The number of carbonyl (C=O) groups is 1. The third-order valence-electron chi connectivity index (χ3n) is 4.97. The van der Waals surface area contributed by atoms with Crippen molar-refractivity contribution in [1.29, 1.82) is 5.41 Å². The van der Waals surface area contributed by atoms with Gasteiger partial charge >= 0.3 is 0 Å². The summed E-state index contributed by atoms with van der Waals surface area (Å²) in [6.45, 7) is 4.42. The highest BCUT2D eigenvalue weighted by atomic mass is 32.2. The van der Waals surface area contributed by atoms with Crippen LogP contribution < -0.4 is 18.9 Å². The number of amides is 1. The molecule has 1 N–H and O–H groups in total. The molecule has 0 saturated carbocycles. The monoisotopic (exact) mass is 480 g/mol. The number of nitrogens with one attached hydrogen (secondary N) is 1. The highest BCUT2D eigenvalue weighted by Crippen LogP contribution is 2.39. The van der Waals surface area contributed by atoms with Gasteiger partial charge < -0.3 is 18.9 Å². The molecule has 0 radical (unpaired) electrons. The number of ether oxygens (including phenoxy) is 4. The Hall–Kier alpha value is -3.79. The maximum Gasteiger partial charge on any atom is 0.283 e. The van der Waals surface area contributed by atoms with E-state index in [2.05, 4.69) is 10.1 Å². The number of nitrogens with zero attached hydrogens (tertiary/aromatic N) is 3. The third kappa shape index (κ3) is 4.91. The van der Waals surface area contributed by atoms with Crippen LogP contribution in [0.2, 0.25) is 0 Å². The maximum atomic E-state index is 12.6. The zero-order valence-corrected chi connectivity index (χ0v) is 20.1. The summed E-state index contributed by atoms with van der Waals surface area (Å²) < 4.78 is 22.6. The smallest absolute Gasteiger partial charge is 0.283 e. The van der Waals surface area contributed by atoms with Gasteiger partial charge in [-0.2, -0.15) is 15.1 Å². The van der Waals surface area contributed by atoms with E-state index in [1.165, 1.54) is 31.0 Å². The Kier molecular flexibility index (Phi) is 6.87. The largest absolute Gasteiger partial charge is 0.493 e. The van der Waals surface area contributed by atoms with Crippen LogP contribution in [0, 0.1) is 12.3 Å². The molecule has 2 aliphatic heterocycles. The second kappa shape index (κ2) is 10.0. The van der Waals surface area contributed by atoms with Crippen molar-refractivity contribution >= 4 is 39.8 Å². The number of fused-ring (bicyclic) bond motifs is 1. The minimum Gasteiger partial charge on any atom is -0.493 e. The van der Waals surface area contributed by atoms with Crippen LogP contribution in [0.1, 0.15) is 18.1 Å². The molecule has 0 spiro atoms. The van der Waals surface area contributed by atoms with E-state index >= 15 is 0 Å². The van der Waals surface area contributed by atoms with Gasteiger partial charge in [0.05, 0.1) is 24.8 Å². The van der Waals surface area contributed by atoms with Crippen LogP contribution in [0.3, 0.4) is 0 Å². The molecule has 10 heteroatoms. The molecule has 0 atom stereocenters. The SMILES string of the molecule is COc1cc(/C=C2\C(=N)N3N=C(C)SC3=NC2=O)cc(OC)c1OCCOc1ccc(C)cc1. The molecule has 0 bridgehead atoms. The molecule has 0 saturated heterocycles. The highest BCUT2D eigenvalue weighted by molar-refractivity contribution is 8.26. The fraction of sp³-hybridized carbons (Fsp3) is 0.250. The molecule has 0 fully saturated rings. The molecule has 0 aliphatic carbocycles. The molecule has 2 aromatic carbocycles. The van der Waals surface area contributed by atoms with Gasteiger partial charge in [0.25, 0.3) is 5.91 Å². The molecule has 2 heterocycles. The number of aryl methyl sites for hydroxylation is 1. The Balaban J connectivity index is 1.52. The fourth-order valence-electron chi connectivity index (χ4n) is 3.32. The number of thioether (sulfide) groups is 1. The zero-order chi connectivity index (χ0) is 24.2. The van der Waals surface area contributed by atoms with Crippen LogP contribution >= 0.6 is 11.8 Å². The number of amidine groups is 2. The standard InChI is InChI=1S/C24H24N4O5S/c1-14-5-7-17(8-6-14)32-9-10-33-21-19(30-3)12-16(13-20(21)31-4)11-18-22(25)28-24(26-23(18)29)34-15(2)27-28/h5-8,11-13,25H,9-10H2,1-4H3/b18-11+,25-22?. The Labute approximate surface area is 201 Å². The van der Waals surface area contributed by atoms with Crippen molar-refractivity contribution in [3.63, 3.8) is 0 Å². The van der Waals surface area contributed by atoms with Crippen LogP contribution in [0.4, 0.5) is 0 Å². The maximum absolute atomic E-state index is 12.6. The fourth-order valence-corrected chi connectivity index (χ4v) is 4.05. The molecule has 0 aromatic heterocycles. The molecule has 4 rings (SSSR count). The van der Waals surface area contributed by atoms with Gasteiger partial charge in [-0.15, -0.1) is 0 Å². The lowest BCUT2D eigenvalue weighted by atomic mass is 10.1. The average Bonchev–Trinajstić information content (AvgIpc) is 3.20. The van der Waals surface area contributed by atoms with Crippen molar-refractivity contribution < 1.29 is 23.7 Å². The van der Waals surface area contributed by atoms with Gasteiger partial charge in [-0.25, -0.2) is 0 Å². The van der Waals surface area contributed by atoms with Crippen molar-refractivity contribution in [2.75, 3.05) is 27.4 Å². The number of benzene rings is 2. The number of hydrazone groups is 1. The predicted molar refractivity (Wildman–Crippen MR) is 132 cm³/mol. The lowest BCUT2D eigenvalue weighted by Gasteiger charge is -2.20. The predicted octanol–water partition coefficient (Wildman–Crippen LogP) is 4.11. The Bertz CT molecular complexity index is 1200. The summed E-state index contributed by atoms with van der Waals surface area (Å²) in [5.74, 6) is 1.49. The first-order chi connectivity index (χ1) is 16.4. The third-order valence-corrected chi connectivity index (χ3v) is 5.79. The molecule has 0 unspecified atom stereocenters. The highest BCUT2D eigenvalue weighted by Gasteiger charge is 2.34. The number of methoxy groups -OCH3 is 2. The van der Waals surface area contributed by atoms with Gasteiger partial charge in [-0.1, -0.05) is 17.7 Å². The Morgan fingerprint density at radius 1 is 1.03 bits per heavy atom. The molecule has 176 valence electrons. The van der Waals surface area contributed by atoms with Crippen molar-refractivity contribution in [3.05, 3.63) is 53.1 Å². The van der Waals surface area contributed by atoms with E-state index in [1.807, 2.05) is 31.2 Å². The van der Waals surface area contributed by atoms with Crippen molar-refractivity contribution in [2.45, 2.75) is 13.8 Å². The number of hydrogen-bond acceptors (Lipinski definition) is 8. The van der Waals surface area contributed by atoms with Gasteiger partial charge in [-0.05, 0) is 61.5 Å². The summed E-state index contributed by atoms with van der Waals surface area (Å²) >= 11 is 1.26. The van der Waals surface area contributed by atoms with Crippen LogP contribution in [0.15, 0.2) is 52.1 Å². The van der Waals surface area contributed by atoms with Crippen molar-refractivity contribution in [1.82, 2.24) is 5.01 Å². The van der Waals surface area contributed by atoms with Crippen molar-refractivity contribution in [3.8, 4) is 23.0 Å². The Morgan fingerprint density at radius 3 is 2.32 bits per heavy atom. The normalized spacial score (nSPS) is 16.2. The van der Waals surface area contributed by atoms with Gasteiger partial charge in [0.15, 0.2) is 17.3 Å². The lowest BCUT2D eigenvalue weighted by molar-refractivity contribution is -0.114. The minimum atomic E-state index is -0.500. The van der Waals surface area contributed by atoms with Crippen LogP contribution in [0.25, 0.3) is 6.08 Å². The second-order valence-corrected chi connectivity index (χ2v) is 8.56. The summed E-state index contributed by atoms with van der Waals surface area (Å²) in [4.78, 5) is 16.6. The van der Waals surface area contributed by atoms with E-state index in [1.54, 1.807) is 25.1 Å². The molecule has 2 aromatic rings. The molecule has 34 heavy (non-hydrogen) atoms. The van der Waals surface area contributed by atoms with Crippen LogP contribution in [-0.4, -0.2) is 54.4 Å². The van der Waals surface area contributed by atoms with Crippen LogP contribution in [-0.2, 0) is 4.79 Å². The van der Waals surface area contributed by atoms with E-state index in [4.69, 9.17) is 24.4 Å². The van der Waals surface area contributed by atoms with E-state index < -0.39 is 5.91 Å². The average molecular weight is 481 g/mol. The first kappa shape index (κ1) is 23.4. The summed E-state index contributed by atoms with van der Waals surface area (Å²) in [7, 11) is 3.04. The van der Waals surface area contributed by atoms with E-state index in [0.29, 0.717) is 39.6 Å². The second-order valence-electron chi connectivity index (χ2n) is 7.40. The summed E-state index contributed by atoms with van der Waals surface area (Å²) in [6, 6.07) is 11.2. The van der Waals surface area contributed by atoms with Gasteiger partial charge in [0, 0.05) is 0 Å². The number of aliphatic imine (C=N–C) groups is 1. The summed E-state index contributed by atoms with van der Waals surface area (Å²) in [5.41, 5.74) is 1.87. The molecular weight excluding hydrogens is 456 g/mol. The topological polar surface area (TPSA) is 106 Å². The summed E-state index contributed by atoms with van der Waals surface area (Å²) in [5, 5.41) is 15.1. The van der Waals surface area contributed by atoms with Gasteiger partial charge in [-0.3, -0.25) is 10.2 Å². The zero-order valence-electron chi connectivity index (χ0n) is 19.2. The molecular formula is C24H24N4O5S. The Morgan fingerprint density at radius 2 is 1.68 bits per heavy atom.